The predicted molar refractivity (Wildman–Crippen MR) is 122 cm³/mol. The Morgan fingerprint density at radius 1 is 1.23 bits per heavy atom. The van der Waals surface area contributed by atoms with Crippen molar-refractivity contribution in [2.24, 2.45) is 0 Å². The Labute approximate surface area is 184 Å². The summed E-state index contributed by atoms with van der Waals surface area (Å²) in [5, 5.41) is 5.71. The number of hydrogen-bond donors (Lipinski definition) is 2. The second-order valence-corrected chi connectivity index (χ2v) is 8.39. The summed E-state index contributed by atoms with van der Waals surface area (Å²) in [5.41, 5.74) is 1.97. The molecule has 0 aromatic heterocycles. The van der Waals surface area contributed by atoms with Gasteiger partial charge in [0, 0.05) is 22.6 Å². The maximum absolute atomic E-state index is 13.2. The van der Waals surface area contributed by atoms with Crippen LogP contribution in [0.3, 0.4) is 0 Å². The zero-order valence-electron chi connectivity index (χ0n) is 17.2. The van der Waals surface area contributed by atoms with E-state index in [2.05, 4.69) is 26.6 Å². The Kier molecular flexibility index (Phi) is 6.89. The number of nitrogens with zero attached hydrogens (tertiary/aromatic N) is 2. The molecule has 8 heteroatoms. The Bertz CT molecular complexity index is 948. The second-order valence-electron chi connectivity index (χ2n) is 7.47. The number of nitrogens with one attached hydrogen (secondary N) is 2. The number of anilines is 3. The van der Waals surface area contributed by atoms with Crippen molar-refractivity contribution in [1.29, 1.82) is 0 Å². The summed E-state index contributed by atoms with van der Waals surface area (Å²) in [5.74, 6) is -0.494. The Hall–Kier alpha value is -2.71. The molecule has 2 atom stereocenters. The fraction of sp³-hybridized carbons (Fsp3) is 0.318. The molecule has 0 radical (unpaired) electrons. The molecular weight excluding hydrogens is 448 g/mol. The summed E-state index contributed by atoms with van der Waals surface area (Å²) in [4.78, 5) is 41.3. The number of benzene rings is 2. The van der Waals surface area contributed by atoms with Crippen molar-refractivity contribution in [3.8, 4) is 0 Å². The molecule has 0 bridgehead atoms. The lowest BCUT2D eigenvalue weighted by atomic mass is 10.1. The van der Waals surface area contributed by atoms with Gasteiger partial charge in [0.1, 0.15) is 0 Å². The molecule has 3 amide bonds. The molecule has 1 aliphatic heterocycles. The Morgan fingerprint density at radius 3 is 2.60 bits per heavy atom. The van der Waals surface area contributed by atoms with Crippen molar-refractivity contribution in [1.82, 2.24) is 4.90 Å². The van der Waals surface area contributed by atoms with Crippen LogP contribution in [0.15, 0.2) is 53.0 Å². The van der Waals surface area contributed by atoms with Crippen molar-refractivity contribution in [3.63, 3.8) is 0 Å². The van der Waals surface area contributed by atoms with Crippen LogP contribution in [-0.4, -0.2) is 48.3 Å². The predicted octanol–water partition coefficient (Wildman–Crippen LogP) is 3.47. The quantitative estimate of drug-likeness (QED) is 0.697. The minimum Gasteiger partial charge on any atom is -0.325 e. The van der Waals surface area contributed by atoms with Crippen LogP contribution < -0.4 is 15.5 Å². The van der Waals surface area contributed by atoms with Gasteiger partial charge in [0.05, 0.1) is 24.0 Å². The fourth-order valence-electron chi connectivity index (χ4n) is 3.37. The monoisotopic (exact) mass is 472 g/mol. The van der Waals surface area contributed by atoms with Crippen molar-refractivity contribution < 1.29 is 14.4 Å². The zero-order valence-corrected chi connectivity index (χ0v) is 18.8. The number of halogens is 1. The van der Waals surface area contributed by atoms with E-state index < -0.39 is 6.04 Å². The molecule has 3 rings (SSSR count). The van der Waals surface area contributed by atoms with Crippen LogP contribution in [0.5, 0.6) is 0 Å². The average molecular weight is 473 g/mol. The van der Waals surface area contributed by atoms with E-state index in [1.807, 2.05) is 37.3 Å². The number of rotatable bonds is 5. The van der Waals surface area contributed by atoms with Crippen LogP contribution in [0.4, 0.5) is 17.1 Å². The summed E-state index contributed by atoms with van der Waals surface area (Å²) in [6, 6.07) is 13.8. The molecule has 30 heavy (non-hydrogen) atoms. The van der Waals surface area contributed by atoms with E-state index in [9.17, 15) is 14.4 Å². The summed E-state index contributed by atoms with van der Waals surface area (Å²) >= 11 is 3.37. The number of likely N-dealkylation sites (N-methyl/N-ethyl adjacent to an activating group) is 1. The van der Waals surface area contributed by atoms with Gasteiger partial charge in [-0.2, -0.15) is 0 Å². The van der Waals surface area contributed by atoms with Gasteiger partial charge in [0.25, 0.3) is 0 Å². The number of para-hydroxylation sites is 2. The molecule has 1 aliphatic rings. The van der Waals surface area contributed by atoms with Gasteiger partial charge in [-0.15, -0.1) is 0 Å². The van der Waals surface area contributed by atoms with Gasteiger partial charge >= 0.3 is 0 Å². The molecule has 2 aromatic rings. The van der Waals surface area contributed by atoms with E-state index in [4.69, 9.17) is 0 Å². The highest BCUT2D eigenvalue weighted by atomic mass is 79.9. The Morgan fingerprint density at radius 2 is 1.90 bits per heavy atom. The average Bonchev–Trinajstić information content (AvgIpc) is 2.83. The standard InChI is InChI=1S/C22H25BrN4O3/c1-14-12-20(28)25-18-6-4-5-7-19(18)27(14)21(29)13-26(3)15(2)22(30)24-17-10-8-16(23)9-11-17/h4-11,14-15H,12-13H2,1-3H3,(H,24,30)(H,25,28)/t14-,15+/m0/s1. The molecule has 0 saturated carbocycles. The minimum absolute atomic E-state index is 0.0434. The molecule has 7 nitrogen and oxygen atoms in total. The van der Waals surface area contributed by atoms with Gasteiger partial charge in [-0.3, -0.25) is 19.3 Å². The number of carbonyl (C=O) groups excluding carboxylic acids is 3. The van der Waals surface area contributed by atoms with Gasteiger partial charge in [-0.05, 0) is 57.3 Å². The van der Waals surface area contributed by atoms with Crippen LogP contribution in [0.2, 0.25) is 0 Å². The lowest BCUT2D eigenvalue weighted by Crippen LogP contribution is -2.48. The van der Waals surface area contributed by atoms with Crippen LogP contribution in [-0.2, 0) is 14.4 Å². The van der Waals surface area contributed by atoms with E-state index in [1.165, 1.54) is 0 Å². The van der Waals surface area contributed by atoms with Gasteiger partial charge in [0.15, 0.2) is 0 Å². The van der Waals surface area contributed by atoms with E-state index in [1.54, 1.807) is 42.0 Å². The molecule has 2 aromatic carbocycles. The van der Waals surface area contributed by atoms with Crippen LogP contribution in [0.25, 0.3) is 0 Å². The number of carbonyl (C=O) groups is 3. The van der Waals surface area contributed by atoms with Crippen LogP contribution in [0.1, 0.15) is 20.3 Å². The SMILES string of the molecule is C[C@H](C(=O)Nc1ccc(Br)cc1)N(C)CC(=O)N1c2ccccc2NC(=O)C[C@@H]1C. The third kappa shape index (κ3) is 5.06. The summed E-state index contributed by atoms with van der Waals surface area (Å²) in [7, 11) is 1.74. The first-order valence-electron chi connectivity index (χ1n) is 9.74. The summed E-state index contributed by atoms with van der Waals surface area (Å²) in [6.45, 7) is 3.65. The molecule has 0 aliphatic carbocycles. The number of hydrogen-bond acceptors (Lipinski definition) is 4. The summed E-state index contributed by atoms with van der Waals surface area (Å²) < 4.78 is 0.927. The first kappa shape index (κ1) is 22.0. The highest BCUT2D eigenvalue weighted by molar-refractivity contribution is 9.10. The molecule has 0 fully saturated rings. The Balaban J connectivity index is 1.70. The lowest BCUT2D eigenvalue weighted by Gasteiger charge is -2.31. The highest BCUT2D eigenvalue weighted by Gasteiger charge is 2.31. The topological polar surface area (TPSA) is 81.8 Å². The number of amides is 3. The molecule has 0 saturated heterocycles. The first-order valence-corrected chi connectivity index (χ1v) is 10.5. The number of fused-ring (bicyclic) bond motifs is 1. The molecule has 158 valence electrons. The van der Waals surface area contributed by atoms with Gasteiger partial charge in [-0.25, -0.2) is 0 Å². The van der Waals surface area contributed by atoms with Gasteiger partial charge in [-0.1, -0.05) is 28.1 Å². The van der Waals surface area contributed by atoms with E-state index in [0.29, 0.717) is 17.1 Å². The third-order valence-corrected chi connectivity index (χ3v) is 5.69. The molecule has 0 unspecified atom stereocenters. The first-order chi connectivity index (χ1) is 14.3. The van der Waals surface area contributed by atoms with Crippen LogP contribution >= 0.6 is 15.9 Å². The normalized spacial score (nSPS) is 17.0. The van der Waals surface area contributed by atoms with Gasteiger partial charge in [0.2, 0.25) is 17.7 Å². The van der Waals surface area contributed by atoms with Crippen molar-refractivity contribution >= 4 is 50.7 Å². The largest absolute Gasteiger partial charge is 0.325 e. The zero-order chi connectivity index (χ0) is 21.8. The molecule has 2 N–H and O–H groups in total. The lowest BCUT2D eigenvalue weighted by molar-refractivity contribution is -0.123. The van der Waals surface area contributed by atoms with Crippen molar-refractivity contribution in [2.75, 3.05) is 29.1 Å². The third-order valence-electron chi connectivity index (χ3n) is 5.16. The van der Waals surface area contributed by atoms with Crippen molar-refractivity contribution in [3.05, 3.63) is 53.0 Å². The minimum atomic E-state index is -0.519. The molecular formula is C22H25BrN4O3. The van der Waals surface area contributed by atoms with Crippen molar-refractivity contribution in [2.45, 2.75) is 32.4 Å². The maximum atomic E-state index is 13.2. The smallest absolute Gasteiger partial charge is 0.241 e. The highest BCUT2D eigenvalue weighted by Crippen LogP contribution is 2.31. The molecule has 1 heterocycles. The van der Waals surface area contributed by atoms with E-state index in [0.717, 1.165) is 4.47 Å². The maximum Gasteiger partial charge on any atom is 0.241 e. The fourth-order valence-corrected chi connectivity index (χ4v) is 3.64. The molecule has 0 spiro atoms. The van der Waals surface area contributed by atoms with Gasteiger partial charge < -0.3 is 15.5 Å². The second kappa shape index (κ2) is 9.40. The van der Waals surface area contributed by atoms with E-state index >= 15 is 0 Å². The van der Waals surface area contributed by atoms with Crippen LogP contribution in [0, 0.1) is 0 Å². The van der Waals surface area contributed by atoms with E-state index in [-0.39, 0.29) is 36.7 Å². The summed E-state index contributed by atoms with van der Waals surface area (Å²) in [6.07, 6.45) is 0.212.